The van der Waals surface area contributed by atoms with Crippen LogP contribution in [-0.4, -0.2) is 167 Å². The number of rotatable bonds is 13. The molecule has 4 heterocycles. The van der Waals surface area contributed by atoms with Crippen molar-refractivity contribution in [1.82, 2.24) is 20.5 Å². The third-order valence-electron chi connectivity index (χ3n) is 14.2. The zero-order valence-corrected chi connectivity index (χ0v) is 40.9. The smallest absolute Gasteiger partial charge is 0.311 e. The van der Waals surface area contributed by atoms with Crippen LogP contribution < -0.4 is 15.4 Å². The van der Waals surface area contributed by atoms with Crippen LogP contribution in [-0.2, 0) is 33.2 Å². The van der Waals surface area contributed by atoms with E-state index >= 15 is 0 Å². The maximum atomic E-state index is 14.6. The molecule has 0 saturated carbocycles. The van der Waals surface area contributed by atoms with Crippen molar-refractivity contribution >= 4 is 5.97 Å². The van der Waals surface area contributed by atoms with Crippen LogP contribution in [0, 0.1) is 24.7 Å². The van der Waals surface area contributed by atoms with E-state index in [9.17, 15) is 25.2 Å². The van der Waals surface area contributed by atoms with Gasteiger partial charge >= 0.3 is 5.97 Å². The largest absolute Gasteiger partial charge is 0.482 e. The van der Waals surface area contributed by atoms with Crippen molar-refractivity contribution in [3.05, 3.63) is 24.0 Å². The molecule has 6 N–H and O–H groups in total. The minimum Gasteiger partial charge on any atom is -0.482 e. The molecule has 364 valence electrons. The molecule has 3 saturated heterocycles. The number of nitrogens with one attached hydrogen (secondary N) is 2. The molecule has 0 unspecified atom stereocenters. The number of hydrogen-bond acceptors (Lipinski definition) is 16. The van der Waals surface area contributed by atoms with Gasteiger partial charge in [0.2, 0.25) is 0 Å². The number of pyridine rings is 1. The third-order valence-corrected chi connectivity index (χ3v) is 14.2. The fourth-order valence-electron chi connectivity index (χ4n) is 10.1. The predicted molar refractivity (Wildman–Crippen MR) is 239 cm³/mol. The lowest BCUT2D eigenvalue weighted by Gasteiger charge is -2.53. The van der Waals surface area contributed by atoms with E-state index in [1.165, 1.54) is 6.92 Å². The van der Waals surface area contributed by atoms with E-state index in [0.29, 0.717) is 31.0 Å². The second-order valence-corrected chi connectivity index (χ2v) is 19.9. The zero-order valence-electron chi connectivity index (χ0n) is 40.9. The van der Waals surface area contributed by atoms with Gasteiger partial charge in [-0.15, -0.1) is 0 Å². The Bertz CT molecular complexity index is 1590. The number of hydrogen-bond donors (Lipinski definition) is 6. The highest BCUT2D eigenvalue weighted by atomic mass is 16.7. The number of cyclic esters (lactones) is 1. The monoisotopic (exact) mass is 897 g/mol. The molecule has 3 aliphatic rings. The summed E-state index contributed by atoms with van der Waals surface area (Å²) in [5.41, 5.74) is -5.29. The highest BCUT2D eigenvalue weighted by Crippen LogP contribution is 2.43. The molecule has 0 amide bonds. The summed E-state index contributed by atoms with van der Waals surface area (Å²) in [4.78, 5) is 21.1. The van der Waals surface area contributed by atoms with Crippen LogP contribution in [0.4, 0.5) is 0 Å². The van der Waals surface area contributed by atoms with Gasteiger partial charge in [-0.25, -0.2) is 0 Å². The van der Waals surface area contributed by atoms with Crippen molar-refractivity contribution in [2.75, 3.05) is 40.8 Å². The molecule has 1 aromatic rings. The van der Waals surface area contributed by atoms with Crippen molar-refractivity contribution < 1.29 is 58.4 Å². The number of aliphatic hydroxyl groups is 4. The lowest BCUT2D eigenvalue weighted by atomic mass is 9.75. The molecule has 0 bridgehead atoms. The normalized spacial score (nSPS) is 43.8. The Kier molecular flexibility index (Phi) is 18.8. The number of aryl methyl sites for hydroxylation is 1. The number of aromatic nitrogens is 1. The maximum Gasteiger partial charge on any atom is 0.311 e. The van der Waals surface area contributed by atoms with Gasteiger partial charge in [0.05, 0.1) is 47.7 Å². The number of methoxy groups -OCH3 is 1. The number of likely N-dealkylation sites (N-methyl/N-ethyl adjacent to an activating group) is 1. The fourth-order valence-corrected chi connectivity index (χ4v) is 10.1. The van der Waals surface area contributed by atoms with E-state index in [2.05, 4.69) is 20.5 Å². The average Bonchev–Trinajstić information content (AvgIpc) is 3.22. The van der Waals surface area contributed by atoms with Crippen LogP contribution in [0.2, 0.25) is 0 Å². The lowest BCUT2D eigenvalue weighted by molar-refractivity contribution is -0.335. The molecular formula is C47H84N4O12. The van der Waals surface area contributed by atoms with Gasteiger partial charge in [0.1, 0.15) is 34.8 Å². The highest BCUT2D eigenvalue weighted by molar-refractivity contribution is 5.73. The molecular weight excluding hydrogens is 813 g/mol. The van der Waals surface area contributed by atoms with Crippen LogP contribution in [0.1, 0.15) is 114 Å². The second-order valence-electron chi connectivity index (χ2n) is 19.9. The van der Waals surface area contributed by atoms with Crippen LogP contribution in [0.5, 0.6) is 5.75 Å². The summed E-state index contributed by atoms with van der Waals surface area (Å²) in [5, 5.41) is 55.0. The standard InChI is InChI=1S/C47H84N4O12/c1-16-20-48-26-47(56)33(9)59-37(24-45(47,11)57-15)62-38-29(5)41(63-43-39(34(51(13)14)22-28(4)58-43)60-35-19-18-21-49-31(35)7)44(10,54)23-27(3)25-50-32(8)40(52)46(12,55)36(17-2)61-42(53)30(38)6/h18-19,21,27-30,32-34,36-41,43,48,50,52,54-56H,16-17,20,22-26H2,1-15H3/t27-,28-,29+,30-,32-,33+,34+,36-,37+,38+,39-,40-,41-,43+,44-,45-,46-,47+/m1/s1. The molecule has 0 aromatic carbocycles. The molecule has 3 fully saturated rings. The molecule has 3 aliphatic heterocycles. The average molecular weight is 897 g/mol. The van der Waals surface area contributed by atoms with Gasteiger partial charge in [-0.1, -0.05) is 27.7 Å². The van der Waals surface area contributed by atoms with Crippen LogP contribution in [0.15, 0.2) is 18.3 Å². The van der Waals surface area contributed by atoms with Crippen LogP contribution in [0.3, 0.4) is 0 Å². The number of ether oxygens (including phenoxy) is 7. The zero-order chi connectivity index (χ0) is 47.2. The van der Waals surface area contributed by atoms with E-state index in [4.69, 9.17) is 33.2 Å². The topological polar surface area (TPSA) is 203 Å². The third kappa shape index (κ3) is 12.3. The van der Waals surface area contributed by atoms with Crippen molar-refractivity contribution in [2.45, 2.75) is 205 Å². The lowest BCUT2D eigenvalue weighted by Crippen LogP contribution is -2.70. The van der Waals surface area contributed by atoms with Crippen LogP contribution in [0.25, 0.3) is 0 Å². The van der Waals surface area contributed by atoms with E-state index in [0.717, 1.165) is 6.42 Å². The first kappa shape index (κ1) is 53.6. The fraction of sp³-hybridized carbons (Fsp3) is 0.872. The van der Waals surface area contributed by atoms with E-state index in [-0.39, 0.29) is 43.9 Å². The number of esters is 1. The Morgan fingerprint density at radius 1 is 1.00 bits per heavy atom. The molecule has 63 heavy (non-hydrogen) atoms. The van der Waals surface area contributed by atoms with Gasteiger partial charge in [0.25, 0.3) is 0 Å². The molecule has 18 atom stereocenters. The van der Waals surface area contributed by atoms with E-state index in [1.807, 2.05) is 67.8 Å². The summed E-state index contributed by atoms with van der Waals surface area (Å²) in [5.74, 6) is -2.08. The Morgan fingerprint density at radius 3 is 2.29 bits per heavy atom. The molecule has 4 rings (SSSR count). The van der Waals surface area contributed by atoms with E-state index < -0.39 is 95.5 Å². The van der Waals surface area contributed by atoms with Crippen molar-refractivity contribution in [3.8, 4) is 5.75 Å². The van der Waals surface area contributed by atoms with Gasteiger partial charge in [-0.3, -0.25) is 9.78 Å². The molecule has 0 aliphatic carbocycles. The summed E-state index contributed by atoms with van der Waals surface area (Å²) in [6.45, 7) is 23.1. The van der Waals surface area contributed by atoms with Gasteiger partial charge < -0.3 is 69.1 Å². The van der Waals surface area contributed by atoms with Crippen molar-refractivity contribution in [1.29, 1.82) is 0 Å². The summed E-state index contributed by atoms with van der Waals surface area (Å²) in [7, 11) is 5.52. The van der Waals surface area contributed by atoms with Gasteiger partial charge in [0.15, 0.2) is 18.7 Å². The Hall–Kier alpha value is -2.06. The minimum absolute atomic E-state index is 0.0955. The van der Waals surface area contributed by atoms with Gasteiger partial charge in [0, 0.05) is 38.2 Å². The molecule has 0 radical (unpaired) electrons. The summed E-state index contributed by atoms with van der Waals surface area (Å²) in [6.07, 6.45) is -4.40. The first-order chi connectivity index (χ1) is 29.4. The number of carbonyl (C=O) groups excluding carboxylic acids is 1. The number of nitrogens with zero attached hydrogens (tertiary/aromatic N) is 2. The van der Waals surface area contributed by atoms with Crippen LogP contribution >= 0.6 is 0 Å². The predicted octanol–water partition coefficient (Wildman–Crippen LogP) is 3.72. The first-order valence-electron chi connectivity index (χ1n) is 23.3. The molecule has 16 heteroatoms. The van der Waals surface area contributed by atoms with E-state index in [1.54, 1.807) is 47.9 Å². The number of carbonyl (C=O) groups is 1. The highest BCUT2D eigenvalue weighted by Gasteiger charge is 2.58. The van der Waals surface area contributed by atoms with Crippen molar-refractivity contribution in [3.63, 3.8) is 0 Å². The number of aliphatic hydroxyl groups excluding tert-OH is 1. The molecule has 16 nitrogen and oxygen atoms in total. The van der Waals surface area contributed by atoms with Gasteiger partial charge in [-0.05, 0) is 126 Å². The molecule has 1 aromatic heterocycles. The Labute approximate surface area is 377 Å². The summed E-state index contributed by atoms with van der Waals surface area (Å²) >= 11 is 0. The maximum absolute atomic E-state index is 14.6. The summed E-state index contributed by atoms with van der Waals surface area (Å²) < 4.78 is 46.3. The Morgan fingerprint density at radius 2 is 1.68 bits per heavy atom. The second kappa shape index (κ2) is 22.2. The van der Waals surface area contributed by atoms with Crippen molar-refractivity contribution in [2.24, 2.45) is 17.8 Å². The quantitative estimate of drug-likeness (QED) is 0.124. The molecule has 0 spiro atoms. The van der Waals surface area contributed by atoms with Gasteiger partial charge in [-0.2, -0.15) is 0 Å². The Balaban J connectivity index is 1.87. The summed E-state index contributed by atoms with van der Waals surface area (Å²) in [6, 6.07) is 2.91. The first-order valence-corrected chi connectivity index (χ1v) is 23.3. The minimum atomic E-state index is -1.82. The SMILES string of the molecule is CCCNC[C@]1(O)[C@H](C)O[C@@H](O[C@H]2[C@H](C)[C@@H](O[C@@H]3O[C@H](C)C[C@H](N(C)C)[C@H]3Oc3cccnc3C)[C@](C)(O)C[C@@H](C)CN[C@H](C)[C@@H](O)[C@](C)(O)[C@@H](CC)OC(=O)[C@@H]2C)C[C@@]1(C)OC.